The molecule has 0 aromatic heterocycles. The minimum Gasteiger partial charge on any atom is -0.492 e. The van der Waals surface area contributed by atoms with Gasteiger partial charge in [-0.15, -0.1) is 0 Å². The van der Waals surface area contributed by atoms with Gasteiger partial charge in [-0.25, -0.2) is 0 Å². The zero-order valence-corrected chi connectivity index (χ0v) is 13.9. The van der Waals surface area contributed by atoms with Gasteiger partial charge < -0.3 is 15.8 Å². The van der Waals surface area contributed by atoms with Gasteiger partial charge in [0.15, 0.2) is 0 Å². The summed E-state index contributed by atoms with van der Waals surface area (Å²) in [7, 11) is 0. The van der Waals surface area contributed by atoms with E-state index in [1.165, 1.54) is 5.56 Å². The van der Waals surface area contributed by atoms with Crippen molar-refractivity contribution >= 4 is 11.6 Å². The molecule has 122 valence electrons. The number of anilines is 1. The normalized spacial score (nSPS) is 11.1. The van der Waals surface area contributed by atoms with E-state index in [-0.39, 0.29) is 11.3 Å². The average molecular weight is 312 g/mol. The van der Waals surface area contributed by atoms with Gasteiger partial charge in [0.2, 0.25) is 0 Å². The largest absolute Gasteiger partial charge is 0.492 e. The first kappa shape index (κ1) is 17.0. The molecule has 0 atom stereocenters. The number of hydrogen-bond donors (Lipinski definition) is 2. The number of nitrogens with one attached hydrogen (secondary N) is 1. The highest BCUT2D eigenvalue weighted by Crippen LogP contribution is 2.22. The van der Waals surface area contributed by atoms with E-state index in [4.69, 9.17) is 10.5 Å². The maximum atomic E-state index is 12.3. The molecular weight excluding hydrogens is 288 g/mol. The predicted molar refractivity (Wildman–Crippen MR) is 94.1 cm³/mol. The second-order valence-electron chi connectivity index (χ2n) is 6.44. The minimum atomic E-state index is -0.124. The number of carbonyl (C=O) groups is 1. The van der Waals surface area contributed by atoms with Crippen LogP contribution in [0.15, 0.2) is 48.5 Å². The van der Waals surface area contributed by atoms with Crippen molar-refractivity contribution in [3.05, 3.63) is 59.7 Å². The van der Waals surface area contributed by atoms with Gasteiger partial charge in [0, 0.05) is 17.8 Å². The van der Waals surface area contributed by atoms with Gasteiger partial charge in [-0.3, -0.25) is 4.79 Å². The van der Waals surface area contributed by atoms with Crippen LogP contribution in [-0.2, 0) is 5.41 Å². The quantitative estimate of drug-likeness (QED) is 0.887. The van der Waals surface area contributed by atoms with Crippen molar-refractivity contribution in [1.29, 1.82) is 0 Å². The minimum absolute atomic E-state index is 0.0777. The first-order chi connectivity index (χ1) is 10.9. The molecule has 0 saturated carbocycles. The number of hydrogen-bond acceptors (Lipinski definition) is 3. The molecule has 0 radical (unpaired) electrons. The van der Waals surface area contributed by atoms with E-state index in [1.807, 2.05) is 48.5 Å². The van der Waals surface area contributed by atoms with E-state index >= 15 is 0 Å². The second-order valence-corrected chi connectivity index (χ2v) is 6.44. The molecule has 4 nitrogen and oxygen atoms in total. The van der Waals surface area contributed by atoms with Crippen LogP contribution in [0.5, 0.6) is 5.75 Å². The van der Waals surface area contributed by atoms with Crippen molar-refractivity contribution in [3.8, 4) is 5.75 Å². The smallest absolute Gasteiger partial charge is 0.255 e. The van der Waals surface area contributed by atoms with E-state index in [9.17, 15) is 4.79 Å². The van der Waals surface area contributed by atoms with Gasteiger partial charge in [-0.2, -0.15) is 0 Å². The highest BCUT2D eigenvalue weighted by Gasteiger charge is 2.14. The molecule has 0 unspecified atom stereocenters. The molecule has 0 heterocycles. The lowest BCUT2D eigenvalue weighted by molar-refractivity contribution is 0.102. The topological polar surface area (TPSA) is 64.3 Å². The van der Waals surface area contributed by atoms with Crippen molar-refractivity contribution in [1.82, 2.24) is 0 Å². The van der Waals surface area contributed by atoms with Gasteiger partial charge in [-0.1, -0.05) is 32.9 Å². The molecule has 2 aromatic rings. The summed E-state index contributed by atoms with van der Waals surface area (Å²) in [4.78, 5) is 12.3. The summed E-state index contributed by atoms with van der Waals surface area (Å²) in [6, 6.07) is 15.0. The van der Waals surface area contributed by atoms with Crippen molar-refractivity contribution < 1.29 is 9.53 Å². The summed E-state index contributed by atoms with van der Waals surface area (Å²) in [5.41, 5.74) is 8.05. The Labute approximate surface area is 137 Å². The van der Waals surface area contributed by atoms with Crippen LogP contribution in [0.4, 0.5) is 5.69 Å². The predicted octanol–water partition coefficient (Wildman–Crippen LogP) is 3.57. The summed E-state index contributed by atoms with van der Waals surface area (Å²) in [5, 5.41) is 2.88. The Morgan fingerprint density at radius 3 is 2.17 bits per heavy atom. The average Bonchev–Trinajstić information content (AvgIpc) is 2.53. The number of ether oxygens (including phenoxy) is 1. The number of nitrogens with two attached hydrogens (primary N) is 1. The fourth-order valence-electron chi connectivity index (χ4n) is 2.14. The van der Waals surface area contributed by atoms with Crippen LogP contribution in [0.25, 0.3) is 0 Å². The van der Waals surface area contributed by atoms with Crippen molar-refractivity contribution in [2.24, 2.45) is 5.73 Å². The number of carbonyl (C=O) groups excluding carboxylic acids is 1. The lowest BCUT2D eigenvalue weighted by Crippen LogP contribution is -2.14. The number of benzene rings is 2. The molecule has 0 saturated heterocycles. The zero-order chi connectivity index (χ0) is 16.9. The first-order valence-corrected chi connectivity index (χ1v) is 7.75. The molecule has 0 fully saturated rings. The van der Waals surface area contributed by atoms with Crippen LogP contribution >= 0.6 is 0 Å². The van der Waals surface area contributed by atoms with Gasteiger partial charge in [0.1, 0.15) is 12.4 Å². The van der Waals surface area contributed by atoms with Crippen molar-refractivity contribution in [2.45, 2.75) is 26.2 Å². The fraction of sp³-hybridized carbons (Fsp3) is 0.316. The third-order valence-corrected chi connectivity index (χ3v) is 3.51. The van der Waals surface area contributed by atoms with Crippen LogP contribution in [0.1, 0.15) is 36.7 Å². The number of rotatable bonds is 5. The Bertz CT molecular complexity index is 641. The Hall–Kier alpha value is -2.33. The molecule has 0 bridgehead atoms. The fourth-order valence-corrected chi connectivity index (χ4v) is 2.14. The van der Waals surface area contributed by atoms with Crippen molar-refractivity contribution in [2.75, 3.05) is 18.5 Å². The highest BCUT2D eigenvalue weighted by molar-refractivity contribution is 6.04. The van der Waals surface area contributed by atoms with Gasteiger partial charge in [-0.05, 0) is 47.4 Å². The third-order valence-electron chi connectivity index (χ3n) is 3.51. The molecule has 2 aromatic carbocycles. The molecule has 2 rings (SSSR count). The Balaban J connectivity index is 2.01. The van der Waals surface area contributed by atoms with E-state index in [2.05, 4.69) is 26.1 Å². The third kappa shape index (κ3) is 4.83. The lowest BCUT2D eigenvalue weighted by Gasteiger charge is -2.19. The van der Waals surface area contributed by atoms with Crippen LogP contribution in [0.2, 0.25) is 0 Å². The van der Waals surface area contributed by atoms with Crippen LogP contribution in [0, 0.1) is 0 Å². The summed E-state index contributed by atoms with van der Waals surface area (Å²) in [6.45, 7) is 7.40. The second kappa shape index (κ2) is 7.29. The highest BCUT2D eigenvalue weighted by atomic mass is 16.5. The van der Waals surface area contributed by atoms with Gasteiger partial charge in [0.05, 0.1) is 0 Å². The maximum absolute atomic E-state index is 12.3. The molecule has 0 spiro atoms. The monoisotopic (exact) mass is 312 g/mol. The first-order valence-electron chi connectivity index (χ1n) is 7.75. The maximum Gasteiger partial charge on any atom is 0.255 e. The molecule has 3 N–H and O–H groups in total. The molecule has 0 aliphatic carbocycles. The molecule has 23 heavy (non-hydrogen) atoms. The van der Waals surface area contributed by atoms with Crippen LogP contribution in [0.3, 0.4) is 0 Å². The Kier molecular flexibility index (Phi) is 5.40. The Morgan fingerprint density at radius 1 is 1.04 bits per heavy atom. The summed E-state index contributed by atoms with van der Waals surface area (Å²) in [5.74, 6) is 0.615. The van der Waals surface area contributed by atoms with Crippen LogP contribution < -0.4 is 15.8 Å². The molecule has 4 heteroatoms. The summed E-state index contributed by atoms with van der Waals surface area (Å²) >= 11 is 0. The Morgan fingerprint density at radius 2 is 1.65 bits per heavy atom. The van der Waals surface area contributed by atoms with Gasteiger partial charge in [0.25, 0.3) is 5.91 Å². The standard InChI is InChI=1S/C19H24N2O2/c1-19(2,3)15-6-4-14(5-7-15)18(22)21-16-8-10-17(11-9-16)23-13-12-20/h4-11H,12-13,20H2,1-3H3,(H,21,22). The lowest BCUT2D eigenvalue weighted by atomic mass is 9.87. The van der Waals surface area contributed by atoms with E-state index in [0.717, 1.165) is 11.4 Å². The summed E-state index contributed by atoms with van der Waals surface area (Å²) < 4.78 is 5.41. The van der Waals surface area contributed by atoms with E-state index in [1.54, 1.807) is 0 Å². The summed E-state index contributed by atoms with van der Waals surface area (Å²) in [6.07, 6.45) is 0. The number of amides is 1. The molecule has 0 aliphatic heterocycles. The SMILES string of the molecule is CC(C)(C)c1ccc(C(=O)Nc2ccc(OCCN)cc2)cc1. The molecule has 1 amide bonds. The van der Waals surface area contributed by atoms with Crippen molar-refractivity contribution in [3.63, 3.8) is 0 Å². The molecular formula is C19H24N2O2. The van der Waals surface area contributed by atoms with Crippen LogP contribution in [-0.4, -0.2) is 19.1 Å². The van der Waals surface area contributed by atoms with Gasteiger partial charge >= 0.3 is 0 Å². The van der Waals surface area contributed by atoms with E-state index in [0.29, 0.717) is 18.7 Å². The van der Waals surface area contributed by atoms with E-state index < -0.39 is 0 Å². The zero-order valence-electron chi connectivity index (χ0n) is 13.9. The molecule has 0 aliphatic rings.